The Hall–Kier alpha value is -0.430. The van der Waals surface area contributed by atoms with Crippen LogP contribution >= 0.6 is 15.9 Å². The molecule has 0 bridgehead atoms. The molecule has 0 amide bonds. The van der Waals surface area contributed by atoms with Crippen molar-refractivity contribution >= 4 is 15.9 Å². The molecule has 6 heteroatoms. The standard InChI is InChI=1S/C13H25BrN4O/c1-5-7-12(19-6-2)10(16-15)8-11-13(14)9(3)17-18(11)4/h10,12,16H,5-8,15H2,1-4H3. The maximum absolute atomic E-state index is 5.81. The summed E-state index contributed by atoms with van der Waals surface area (Å²) in [5, 5.41) is 4.41. The minimum absolute atomic E-state index is 0.0889. The van der Waals surface area contributed by atoms with Gasteiger partial charge < -0.3 is 4.74 Å². The summed E-state index contributed by atoms with van der Waals surface area (Å²) in [6.07, 6.45) is 2.99. The van der Waals surface area contributed by atoms with Crippen LogP contribution in [-0.4, -0.2) is 28.5 Å². The Labute approximate surface area is 124 Å². The lowest BCUT2D eigenvalue weighted by molar-refractivity contribution is 0.0277. The molecule has 2 unspecified atom stereocenters. The lowest BCUT2D eigenvalue weighted by atomic mass is 10.0. The summed E-state index contributed by atoms with van der Waals surface area (Å²) in [5.74, 6) is 5.71. The van der Waals surface area contributed by atoms with Gasteiger partial charge in [0.25, 0.3) is 0 Å². The molecule has 19 heavy (non-hydrogen) atoms. The van der Waals surface area contributed by atoms with E-state index in [0.717, 1.165) is 35.1 Å². The number of aryl methyl sites for hydroxylation is 2. The van der Waals surface area contributed by atoms with Gasteiger partial charge in [-0.25, -0.2) is 0 Å². The second-order valence-electron chi connectivity index (χ2n) is 4.73. The van der Waals surface area contributed by atoms with Crippen LogP contribution in [0.1, 0.15) is 38.1 Å². The highest BCUT2D eigenvalue weighted by Crippen LogP contribution is 2.23. The predicted molar refractivity (Wildman–Crippen MR) is 80.8 cm³/mol. The van der Waals surface area contributed by atoms with E-state index in [0.29, 0.717) is 6.61 Å². The number of hydrogen-bond donors (Lipinski definition) is 2. The lowest BCUT2D eigenvalue weighted by Gasteiger charge is -2.26. The molecule has 0 aliphatic heterocycles. The number of halogens is 1. The molecule has 1 aromatic heterocycles. The fourth-order valence-electron chi connectivity index (χ4n) is 2.31. The number of aromatic nitrogens is 2. The third-order valence-corrected chi connectivity index (χ3v) is 4.32. The van der Waals surface area contributed by atoms with E-state index in [1.165, 1.54) is 0 Å². The van der Waals surface area contributed by atoms with Crippen molar-refractivity contribution in [3.05, 3.63) is 15.9 Å². The second-order valence-corrected chi connectivity index (χ2v) is 5.52. The van der Waals surface area contributed by atoms with E-state index >= 15 is 0 Å². The Morgan fingerprint density at radius 2 is 2.16 bits per heavy atom. The molecule has 0 saturated carbocycles. The Morgan fingerprint density at radius 3 is 2.58 bits per heavy atom. The highest BCUT2D eigenvalue weighted by molar-refractivity contribution is 9.10. The molecule has 1 aromatic rings. The van der Waals surface area contributed by atoms with Crippen LogP contribution in [-0.2, 0) is 18.2 Å². The number of nitrogens with one attached hydrogen (secondary N) is 1. The van der Waals surface area contributed by atoms with Gasteiger partial charge in [0.2, 0.25) is 0 Å². The maximum Gasteiger partial charge on any atom is 0.0745 e. The topological polar surface area (TPSA) is 65.1 Å². The fourth-order valence-corrected chi connectivity index (χ4v) is 2.80. The zero-order valence-electron chi connectivity index (χ0n) is 12.2. The monoisotopic (exact) mass is 332 g/mol. The number of hydrogen-bond acceptors (Lipinski definition) is 4. The summed E-state index contributed by atoms with van der Waals surface area (Å²) in [4.78, 5) is 0. The first-order valence-corrected chi connectivity index (χ1v) is 7.60. The van der Waals surface area contributed by atoms with Crippen molar-refractivity contribution in [1.29, 1.82) is 0 Å². The molecule has 3 N–H and O–H groups in total. The van der Waals surface area contributed by atoms with Gasteiger partial charge in [-0.15, -0.1) is 0 Å². The minimum Gasteiger partial charge on any atom is -0.377 e. The van der Waals surface area contributed by atoms with Crippen LogP contribution in [0.4, 0.5) is 0 Å². The molecule has 0 fully saturated rings. The van der Waals surface area contributed by atoms with E-state index in [1.807, 2.05) is 25.6 Å². The van der Waals surface area contributed by atoms with Gasteiger partial charge in [0, 0.05) is 20.1 Å². The van der Waals surface area contributed by atoms with Crippen molar-refractivity contribution < 1.29 is 4.74 Å². The molecule has 0 aliphatic carbocycles. The van der Waals surface area contributed by atoms with Gasteiger partial charge in [0.05, 0.1) is 28.0 Å². The maximum atomic E-state index is 5.81. The molecule has 1 rings (SSSR count). The molecule has 0 saturated heterocycles. The number of rotatable bonds is 8. The van der Waals surface area contributed by atoms with Crippen molar-refractivity contribution in [3.63, 3.8) is 0 Å². The van der Waals surface area contributed by atoms with Crippen molar-refractivity contribution in [2.45, 2.75) is 52.2 Å². The first-order valence-electron chi connectivity index (χ1n) is 6.80. The van der Waals surface area contributed by atoms with Crippen LogP contribution in [0.15, 0.2) is 4.47 Å². The van der Waals surface area contributed by atoms with E-state index in [2.05, 4.69) is 33.4 Å². The van der Waals surface area contributed by atoms with Gasteiger partial charge in [0.15, 0.2) is 0 Å². The van der Waals surface area contributed by atoms with Crippen LogP contribution in [0.2, 0.25) is 0 Å². The van der Waals surface area contributed by atoms with E-state index in [1.54, 1.807) is 0 Å². The number of ether oxygens (including phenoxy) is 1. The quantitative estimate of drug-likeness (QED) is 0.565. The molecule has 0 radical (unpaired) electrons. The molecular weight excluding hydrogens is 308 g/mol. The summed E-state index contributed by atoms with van der Waals surface area (Å²) in [6, 6.07) is 0.0889. The Balaban J connectivity index is 2.84. The van der Waals surface area contributed by atoms with E-state index < -0.39 is 0 Å². The Kier molecular flexibility index (Phi) is 6.99. The predicted octanol–water partition coefficient (Wildman–Crippen LogP) is 2.07. The van der Waals surface area contributed by atoms with Crippen molar-refractivity contribution in [2.75, 3.05) is 6.61 Å². The molecule has 0 spiro atoms. The largest absolute Gasteiger partial charge is 0.377 e. The molecular formula is C13H25BrN4O. The highest BCUT2D eigenvalue weighted by atomic mass is 79.9. The second kappa shape index (κ2) is 7.99. The van der Waals surface area contributed by atoms with Crippen LogP contribution in [0.3, 0.4) is 0 Å². The average molecular weight is 333 g/mol. The molecule has 5 nitrogen and oxygen atoms in total. The van der Waals surface area contributed by atoms with Crippen LogP contribution < -0.4 is 11.3 Å². The minimum atomic E-state index is 0.0889. The van der Waals surface area contributed by atoms with Gasteiger partial charge in [0.1, 0.15) is 0 Å². The first-order chi connectivity index (χ1) is 9.04. The summed E-state index contributed by atoms with van der Waals surface area (Å²) < 4.78 is 8.77. The number of nitrogens with two attached hydrogens (primary N) is 1. The van der Waals surface area contributed by atoms with Gasteiger partial charge >= 0.3 is 0 Å². The smallest absolute Gasteiger partial charge is 0.0745 e. The van der Waals surface area contributed by atoms with E-state index in [-0.39, 0.29) is 12.1 Å². The van der Waals surface area contributed by atoms with Crippen LogP contribution in [0, 0.1) is 6.92 Å². The van der Waals surface area contributed by atoms with Gasteiger partial charge in [-0.1, -0.05) is 13.3 Å². The summed E-state index contributed by atoms with van der Waals surface area (Å²) in [7, 11) is 1.95. The van der Waals surface area contributed by atoms with E-state index in [9.17, 15) is 0 Å². The lowest BCUT2D eigenvalue weighted by Crippen LogP contribution is -2.47. The van der Waals surface area contributed by atoms with Crippen molar-refractivity contribution in [2.24, 2.45) is 12.9 Å². The number of nitrogens with zero attached hydrogens (tertiary/aromatic N) is 2. The third kappa shape index (κ3) is 4.27. The molecule has 1 heterocycles. The van der Waals surface area contributed by atoms with E-state index in [4.69, 9.17) is 10.6 Å². The van der Waals surface area contributed by atoms with Crippen LogP contribution in [0.5, 0.6) is 0 Å². The van der Waals surface area contributed by atoms with Crippen molar-refractivity contribution in [3.8, 4) is 0 Å². The summed E-state index contributed by atoms with van der Waals surface area (Å²) in [5.41, 5.74) is 5.03. The normalized spacial score (nSPS) is 14.6. The van der Waals surface area contributed by atoms with Crippen LogP contribution in [0.25, 0.3) is 0 Å². The first kappa shape index (κ1) is 16.6. The fraction of sp³-hybridized carbons (Fsp3) is 0.769. The summed E-state index contributed by atoms with van der Waals surface area (Å²) in [6.45, 7) is 6.86. The summed E-state index contributed by atoms with van der Waals surface area (Å²) >= 11 is 3.59. The average Bonchev–Trinajstić information content (AvgIpc) is 2.61. The molecule has 0 aliphatic rings. The van der Waals surface area contributed by atoms with Gasteiger partial charge in [-0.3, -0.25) is 16.0 Å². The zero-order valence-corrected chi connectivity index (χ0v) is 13.8. The van der Waals surface area contributed by atoms with Gasteiger partial charge in [-0.05, 0) is 36.2 Å². The zero-order chi connectivity index (χ0) is 14.4. The number of hydrazine groups is 1. The molecule has 2 atom stereocenters. The SMILES string of the molecule is CCCC(OCC)C(Cc1c(Br)c(C)nn1C)NN. The van der Waals surface area contributed by atoms with Crippen molar-refractivity contribution in [1.82, 2.24) is 15.2 Å². The highest BCUT2D eigenvalue weighted by Gasteiger charge is 2.23. The molecule has 110 valence electrons. The Morgan fingerprint density at radius 1 is 1.47 bits per heavy atom. The van der Waals surface area contributed by atoms with Gasteiger partial charge in [-0.2, -0.15) is 5.10 Å². The Bertz CT molecular complexity index is 388. The third-order valence-electron chi connectivity index (χ3n) is 3.29. The molecule has 0 aromatic carbocycles.